The van der Waals surface area contributed by atoms with E-state index >= 15 is 0 Å². The first-order valence-electron chi connectivity index (χ1n) is 7.83. The smallest absolute Gasteiger partial charge is 0.261 e. The molecular formula is C17H19ClN2O5S2. The molecule has 146 valence electrons. The van der Waals surface area contributed by atoms with E-state index in [0.29, 0.717) is 0 Å². The van der Waals surface area contributed by atoms with Crippen LogP contribution in [0, 0.1) is 0 Å². The van der Waals surface area contributed by atoms with Gasteiger partial charge in [-0.15, -0.1) is 0 Å². The van der Waals surface area contributed by atoms with Gasteiger partial charge >= 0.3 is 0 Å². The molecule has 0 fully saturated rings. The summed E-state index contributed by atoms with van der Waals surface area (Å²) in [6, 6.07) is 8.93. The van der Waals surface area contributed by atoms with Gasteiger partial charge in [0.25, 0.3) is 15.9 Å². The predicted octanol–water partition coefficient (Wildman–Crippen LogP) is 2.68. The van der Waals surface area contributed by atoms with Crippen LogP contribution in [-0.2, 0) is 19.9 Å². The average Bonchev–Trinajstić information content (AvgIpc) is 2.55. The highest BCUT2D eigenvalue weighted by molar-refractivity contribution is 7.92. The van der Waals surface area contributed by atoms with E-state index in [1.54, 1.807) is 13.8 Å². The molecule has 0 unspecified atom stereocenters. The molecule has 2 rings (SSSR count). The van der Waals surface area contributed by atoms with E-state index in [1.165, 1.54) is 42.5 Å². The highest BCUT2D eigenvalue weighted by Gasteiger charge is 2.18. The number of sulfone groups is 1. The number of benzene rings is 2. The van der Waals surface area contributed by atoms with E-state index < -0.39 is 19.9 Å². The van der Waals surface area contributed by atoms with Crippen LogP contribution in [-0.4, -0.2) is 35.0 Å². The van der Waals surface area contributed by atoms with Gasteiger partial charge in [0.1, 0.15) is 0 Å². The first kappa shape index (κ1) is 21.2. The molecule has 10 heteroatoms. The van der Waals surface area contributed by atoms with Gasteiger partial charge in [0.2, 0.25) is 0 Å². The Kier molecular flexibility index (Phi) is 6.18. The highest BCUT2D eigenvalue weighted by Crippen LogP contribution is 2.26. The van der Waals surface area contributed by atoms with Gasteiger partial charge in [0.05, 0.1) is 20.5 Å². The third-order valence-electron chi connectivity index (χ3n) is 3.45. The summed E-state index contributed by atoms with van der Waals surface area (Å²) in [7, 11) is -7.46. The van der Waals surface area contributed by atoms with Gasteiger partial charge in [-0.2, -0.15) is 0 Å². The number of hydrogen-bond acceptors (Lipinski definition) is 5. The van der Waals surface area contributed by atoms with Crippen molar-refractivity contribution in [1.29, 1.82) is 0 Å². The minimum atomic E-state index is -4.02. The van der Waals surface area contributed by atoms with Gasteiger partial charge in [-0.05, 0) is 56.3 Å². The second-order valence-electron chi connectivity index (χ2n) is 6.17. The highest BCUT2D eigenvalue weighted by atomic mass is 35.5. The van der Waals surface area contributed by atoms with Crippen molar-refractivity contribution in [2.45, 2.75) is 29.7 Å². The summed E-state index contributed by atoms with van der Waals surface area (Å²) in [5.74, 6) is -0.361. The summed E-state index contributed by atoms with van der Waals surface area (Å²) in [6.07, 6.45) is 1.03. The molecule has 0 aromatic heterocycles. The van der Waals surface area contributed by atoms with Crippen molar-refractivity contribution in [3.63, 3.8) is 0 Å². The van der Waals surface area contributed by atoms with Crippen molar-refractivity contribution < 1.29 is 21.6 Å². The lowest BCUT2D eigenvalue weighted by Gasteiger charge is -2.13. The summed E-state index contributed by atoms with van der Waals surface area (Å²) in [6.45, 7) is 3.61. The number of amides is 1. The molecule has 0 aliphatic rings. The molecule has 0 radical (unpaired) electrons. The summed E-state index contributed by atoms with van der Waals surface area (Å²) in [5, 5.41) is 2.82. The molecule has 2 N–H and O–H groups in total. The molecule has 7 nitrogen and oxygen atoms in total. The Hall–Kier alpha value is -2.10. The van der Waals surface area contributed by atoms with E-state index in [0.717, 1.165) is 6.26 Å². The van der Waals surface area contributed by atoms with Gasteiger partial charge in [-0.1, -0.05) is 11.6 Å². The lowest BCUT2D eigenvalue weighted by atomic mass is 10.2. The van der Waals surface area contributed by atoms with Crippen LogP contribution < -0.4 is 10.0 Å². The number of carbonyl (C=O) groups is 1. The lowest BCUT2D eigenvalue weighted by molar-refractivity contribution is 0.0943. The third-order valence-corrected chi connectivity index (χ3v) is 6.29. The fourth-order valence-electron chi connectivity index (χ4n) is 2.16. The molecule has 2 aromatic carbocycles. The summed E-state index contributed by atoms with van der Waals surface area (Å²) < 4.78 is 50.4. The number of nitrogens with one attached hydrogen (secondary N) is 2. The Morgan fingerprint density at radius 3 is 2.04 bits per heavy atom. The van der Waals surface area contributed by atoms with Crippen LogP contribution in [0.25, 0.3) is 0 Å². The topological polar surface area (TPSA) is 109 Å². The van der Waals surface area contributed by atoms with Crippen LogP contribution in [0.2, 0.25) is 5.02 Å². The van der Waals surface area contributed by atoms with Gasteiger partial charge in [-0.25, -0.2) is 16.8 Å². The average molecular weight is 431 g/mol. The number of carbonyl (C=O) groups excluding carboxylic acids is 1. The van der Waals surface area contributed by atoms with Crippen molar-refractivity contribution in [3.05, 3.63) is 53.1 Å². The first-order valence-corrected chi connectivity index (χ1v) is 11.6. The van der Waals surface area contributed by atoms with Crippen molar-refractivity contribution >= 4 is 43.1 Å². The van der Waals surface area contributed by atoms with Crippen molar-refractivity contribution in [2.24, 2.45) is 0 Å². The predicted molar refractivity (Wildman–Crippen MR) is 104 cm³/mol. The second kappa shape index (κ2) is 7.87. The Labute approximate surface area is 163 Å². The Balaban J connectivity index is 2.33. The largest absolute Gasteiger partial charge is 0.350 e. The number of sulfonamides is 1. The summed E-state index contributed by atoms with van der Waals surface area (Å²) in [5.41, 5.74) is 0.290. The molecule has 27 heavy (non-hydrogen) atoms. The maximum atomic E-state index is 12.6. The summed E-state index contributed by atoms with van der Waals surface area (Å²) in [4.78, 5) is 12.0. The molecule has 2 aromatic rings. The lowest BCUT2D eigenvalue weighted by Crippen LogP contribution is -2.30. The minimum Gasteiger partial charge on any atom is -0.350 e. The normalized spacial score (nSPS) is 12.0. The molecule has 0 spiro atoms. The number of hydrogen-bond donors (Lipinski definition) is 2. The monoisotopic (exact) mass is 430 g/mol. The van der Waals surface area contributed by atoms with Crippen LogP contribution in [0.5, 0.6) is 0 Å². The van der Waals surface area contributed by atoms with E-state index in [4.69, 9.17) is 11.6 Å². The van der Waals surface area contributed by atoms with Crippen molar-refractivity contribution in [3.8, 4) is 0 Å². The molecular weight excluding hydrogens is 412 g/mol. The van der Waals surface area contributed by atoms with Gasteiger partial charge in [0.15, 0.2) is 9.84 Å². The van der Waals surface area contributed by atoms with E-state index in [-0.39, 0.29) is 38.0 Å². The van der Waals surface area contributed by atoms with Crippen LogP contribution in [0.15, 0.2) is 52.3 Å². The van der Waals surface area contributed by atoms with Crippen LogP contribution in [0.1, 0.15) is 24.2 Å². The van der Waals surface area contributed by atoms with Gasteiger partial charge in [0, 0.05) is 17.9 Å². The maximum absolute atomic E-state index is 12.6. The fourth-order valence-corrected chi connectivity index (χ4v) is 4.08. The van der Waals surface area contributed by atoms with E-state index in [1.807, 2.05) is 0 Å². The standard InChI is InChI=1S/C17H19ClN2O5S2/c1-11(2)19-17(21)12-4-9-15(18)16(10-12)20-27(24,25)14-7-5-13(6-8-14)26(3,22)23/h4-11,20H,1-3H3,(H,19,21). The van der Waals surface area contributed by atoms with Crippen LogP contribution in [0.3, 0.4) is 0 Å². The Bertz CT molecular complexity index is 1060. The van der Waals surface area contributed by atoms with Crippen LogP contribution >= 0.6 is 11.6 Å². The number of anilines is 1. The maximum Gasteiger partial charge on any atom is 0.261 e. The Morgan fingerprint density at radius 2 is 1.52 bits per heavy atom. The zero-order valence-corrected chi connectivity index (χ0v) is 17.2. The fraction of sp³-hybridized carbons (Fsp3) is 0.235. The van der Waals surface area contributed by atoms with Gasteiger partial charge in [-0.3, -0.25) is 9.52 Å². The van der Waals surface area contributed by atoms with Crippen molar-refractivity contribution in [2.75, 3.05) is 11.0 Å². The first-order chi connectivity index (χ1) is 12.4. The molecule has 0 aliphatic carbocycles. The van der Waals surface area contributed by atoms with Crippen LogP contribution in [0.4, 0.5) is 5.69 Å². The molecule has 0 aliphatic heterocycles. The molecule has 0 bridgehead atoms. The van der Waals surface area contributed by atoms with E-state index in [2.05, 4.69) is 10.0 Å². The zero-order chi connectivity index (χ0) is 20.4. The minimum absolute atomic E-state index is 0.00633. The molecule has 0 saturated carbocycles. The Morgan fingerprint density at radius 1 is 0.963 bits per heavy atom. The summed E-state index contributed by atoms with van der Waals surface area (Å²) >= 11 is 6.05. The van der Waals surface area contributed by atoms with Gasteiger partial charge < -0.3 is 5.32 Å². The zero-order valence-electron chi connectivity index (χ0n) is 14.9. The third kappa shape index (κ3) is 5.44. The van der Waals surface area contributed by atoms with E-state index in [9.17, 15) is 21.6 Å². The molecule has 1 amide bonds. The number of halogens is 1. The second-order valence-corrected chi connectivity index (χ2v) is 10.3. The van der Waals surface area contributed by atoms with Crippen molar-refractivity contribution in [1.82, 2.24) is 5.32 Å². The quantitative estimate of drug-likeness (QED) is 0.732. The molecule has 0 saturated heterocycles. The SMILES string of the molecule is CC(C)NC(=O)c1ccc(Cl)c(NS(=O)(=O)c2ccc(S(C)(=O)=O)cc2)c1. The molecule has 0 heterocycles. The number of rotatable bonds is 6. The molecule has 0 atom stereocenters.